The highest BCUT2D eigenvalue weighted by atomic mass is 16.5. The maximum absolute atomic E-state index is 11.3. The molecule has 1 aliphatic carbocycles. The fraction of sp³-hybridized carbons (Fsp3) is 0.800. The molecule has 1 atom stereocenters. The van der Waals surface area contributed by atoms with E-state index in [0.29, 0.717) is 18.9 Å². The van der Waals surface area contributed by atoms with E-state index in [1.165, 1.54) is 12.8 Å². The second kappa shape index (κ2) is 4.61. The largest absolute Gasteiger partial charge is 0.464 e. The molecule has 2 aliphatic rings. The van der Waals surface area contributed by atoms with Gasteiger partial charge in [-0.25, -0.2) is 0 Å². The molecular weight excluding hydrogens is 196 g/mol. The van der Waals surface area contributed by atoms with Crippen molar-refractivity contribution >= 4 is 11.9 Å². The maximum atomic E-state index is 11.3. The zero-order valence-corrected chi connectivity index (χ0v) is 8.62. The Morgan fingerprint density at radius 1 is 1.40 bits per heavy atom. The van der Waals surface area contributed by atoms with Gasteiger partial charge in [0.25, 0.3) is 0 Å². The smallest absolute Gasteiger partial charge is 0.323 e. The van der Waals surface area contributed by atoms with Crippen LogP contribution < -0.4 is 10.6 Å². The van der Waals surface area contributed by atoms with Crippen LogP contribution in [0.3, 0.4) is 0 Å². The average Bonchev–Trinajstić information content (AvgIpc) is 2.96. The summed E-state index contributed by atoms with van der Waals surface area (Å²) >= 11 is 0. The number of hydrogen-bond acceptors (Lipinski definition) is 4. The van der Waals surface area contributed by atoms with Crippen LogP contribution in [0.15, 0.2) is 0 Å². The summed E-state index contributed by atoms with van der Waals surface area (Å²) < 4.78 is 4.77. The van der Waals surface area contributed by atoms with E-state index in [0.717, 1.165) is 6.54 Å². The molecule has 15 heavy (non-hydrogen) atoms. The van der Waals surface area contributed by atoms with Crippen LogP contribution in [0.4, 0.5) is 0 Å². The molecule has 0 radical (unpaired) electrons. The highest BCUT2D eigenvalue weighted by molar-refractivity contribution is 5.81. The Bertz CT molecular complexity index is 263. The van der Waals surface area contributed by atoms with E-state index in [-0.39, 0.29) is 24.5 Å². The normalized spacial score (nSPS) is 25.1. The third-order valence-electron chi connectivity index (χ3n) is 2.73. The summed E-state index contributed by atoms with van der Waals surface area (Å²) in [5.74, 6) is 0.400. The lowest BCUT2D eigenvalue weighted by Crippen LogP contribution is -2.41. The van der Waals surface area contributed by atoms with Gasteiger partial charge in [-0.1, -0.05) is 0 Å². The van der Waals surface area contributed by atoms with Crippen molar-refractivity contribution in [1.29, 1.82) is 0 Å². The van der Waals surface area contributed by atoms with Crippen molar-refractivity contribution in [3.63, 3.8) is 0 Å². The van der Waals surface area contributed by atoms with E-state index in [1.807, 2.05) is 0 Å². The molecule has 1 amide bonds. The van der Waals surface area contributed by atoms with Crippen LogP contribution in [-0.4, -0.2) is 37.6 Å². The number of amides is 1. The average molecular weight is 212 g/mol. The van der Waals surface area contributed by atoms with E-state index in [2.05, 4.69) is 10.6 Å². The fourth-order valence-corrected chi connectivity index (χ4v) is 1.54. The standard InChI is InChI=1S/C10H16N2O3/c13-9(12-5-7-1-2-7)6-11-8-3-4-15-10(8)14/h7-8,11H,1-6H2,(H,12,13). The van der Waals surface area contributed by atoms with Crippen LogP contribution in [0.25, 0.3) is 0 Å². The van der Waals surface area contributed by atoms with Crippen molar-refractivity contribution < 1.29 is 14.3 Å². The molecule has 0 aromatic heterocycles. The lowest BCUT2D eigenvalue weighted by molar-refractivity contribution is -0.139. The van der Waals surface area contributed by atoms with Crippen LogP contribution in [0.2, 0.25) is 0 Å². The first-order chi connectivity index (χ1) is 7.25. The lowest BCUT2D eigenvalue weighted by Gasteiger charge is -2.08. The van der Waals surface area contributed by atoms with E-state index in [4.69, 9.17) is 4.74 Å². The fourth-order valence-electron chi connectivity index (χ4n) is 1.54. The van der Waals surface area contributed by atoms with Gasteiger partial charge < -0.3 is 10.1 Å². The maximum Gasteiger partial charge on any atom is 0.323 e. The number of ether oxygens (including phenoxy) is 1. The number of nitrogens with one attached hydrogen (secondary N) is 2. The molecule has 2 N–H and O–H groups in total. The third kappa shape index (κ3) is 3.20. The first-order valence-corrected chi connectivity index (χ1v) is 5.42. The number of carbonyl (C=O) groups is 2. The summed E-state index contributed by atoms with van der Waals surface area (Å²) in [5, 5.41) is 5.72. The molecule has 0 spiro atoms. The van der Waals surface area contributed by atoms with Crippen molar-refractivity contribution in [3.8, 4) is 0 Å². The SMILES string of the molecule is O=C(CNC1CCOC1=O)NCC1CC1. The van der Waals surface area contributed by atoms with Gasteiger partial charge in [0, 0.05) is 13.0 Å². The van der Waals surface area contributed by atoms with Crippen molar-refractivity contribution in [1.82, 2.24) is 10.6 Å². The number of rotatable bonds is 5. The minimum atomic E-state index is -0.295. The zero-order chi connectivity index (χ0) is 10.7. The van der Waals surface area contributed by atoms with Crippen molar-refractivity contribution in [3.05, 3.63) is 0 Å². The van der Waals surface area contributed by atoms with E-state index in [9.17, 15) is 9.59 Å². The van der Waals surface area contributed by atoms with Gasteiger partial charge >= 0.3 is 5.97 Å². The first-order valence-electron chi connectivity index (χ1n) is 5.42. The second-order valence-corrected chi connectivity index (χ2v) is 4.14. The van der Waals surface area contributed by atoms with Crippen molar-refractivity contribution in [2.24, 2.45) is 5.92 Å². The van der Waals surface area contributed by atoms with Gasteiger partial charge in [-0.05, 0) is 18.8 Å². The van der Waals surface area contributed by atoms with Crippen LogP contribution in [0.1, 0.15) is 19.3 Å². The molecule has 2 rings (SSSR count). The quantitative estimate of drug-likeness (QED) is 0.598. The molecule has 0 aromatic rings. The van der Waals surface area contributed by atoms with Gasteiger partial charge in [0.05, 0.1) is 13.2 Å². The molecular formula is C10H16N2O3. The van der Waals surface area contributed by atoms with Gasteiger partial charge in [-0.3, -0.25) is 14.9 Å². The summed E-state index contributed by atoms with van der Waals surface area (Å²) in [4.78, 5) is 22.4. The zero-order valence-electron chi connectivity index (χ0n) is 8.62. The van der Waals surface area contributed by atoms with Gasteiger partial charge in [-0.2, -0.15) is 0 Å². The Balaban J connectivity index is 1.59. The molecule has 1 aliphatic heterocycles. The topological polar surface area (TPSA) is 67.4 Å². The van der Waals surface area contributed by atoms with Gasteiger partial charge in [0.15, 0.2) is 0 Å². The Morgan fingerprint density at radius 3 is 2.80 bits per heavy atom. The summed E-state index contributed by atoms with van der Waals surface area (Å²) in [7, 11) is 0. The summed E-state index contributed by atoms with van der Waals surface area (Å²) in [5.41, 5.74) is 0. The van der Waals surface area contributed by atoms with Crippen molar-refractivity contribution in [2.75, 3.05) is 19.7 Å². The van der Waals surface area contributed by atoms with E-state index >= 15 is 0 Å². The van der Waals surface area contributed by atoms with Crippen LogP contribution in [-0.2, 0) is 14.3 Å². The molecule has 84 valence electrons. The molecule has 1 saturated carbocycles. The van der Waals surface area contributed by atoms with Crippen LogP contribution in [0, 0.1) is 5.92 Å². The Labute approximate surface area is 88.5 Å². The number of cyclic esters (lactones) is 1. The number of carbonyl (C=O) groups excluding carboxylic acids is 2. The summed E-state index contributed by atoms with van der Waals surface area (Å²) in [6.07, 6.45) is 3.11. The molecule has 1 saturated heterocycles. The highest BCUT2D eigenvalue weighted by Crippen LogP contribution is 2.27. The monoisotopic (exact) mass is 212 g/mol. The molecule has 5 nitrogen and oxygen atoms in total. The van der Waals surface area contributed by atoms with Crippen LogP contribution >= 0.6 is 0 Å². The summed E-state index contributed by atoms with van der Waals surface area (Å²) in [6.45, 7) is 1.43. The van der Waals surface area contributed by atoms with Gasteiger partial charge in [-0.15, -0.1) is 0 Å². The highest BCUT2D eigenvalue weighted by Gasteiger charge is 2.26. The number of esters is 1. The van der Waals surface area contributed by atoms with E-state index in [1.54, 1.807) is 0 Å². The molecule has 0 bridgehead atoms. The minimum Gasteiger partial charge on any atom is -0.464 e. The van der Waals surface area contributed by atoms with Gasteiger partial charge in [0.2, 0.25) is 5.91 Å². The second-order valence-electron chi connectivity index (χ2n) is 4.14. The molecule has 1 unspecified atom stereocenters. The summed E-state index contributed by atoms with van der Waals surface area (Å²) in [6, 6.07) is -0.295. The molecule has 0 aromatic carbocycles. The van der Waals surface area contributed by atoms with Crippen molar-refractivity contribution in [2.45, 2.75) is 25.3 Å². The van der Waals surface area contributed by atoms with Gasteiger partial charge in [0.1, 0.15) is 6.04 Å². The number of hydrogen-bond donors (Lipinski definition) is 2. The Hall–Kier alpha value is -1.10. The predicted molar refractivity (Wildman–Crippen MR) is 53.1 cm³/mol. The third-order valence-corrected chi connectivity index (χ3v) is 2.73. The molecule has 1 heterocycles. The molecule has 5 heteroatoms. The predicted octanol–water partition coefficient (Wildman–Crippen LogP) is -0.582. The van der Waals surface area contributed by atoms with E-state index < -0.39 is 0 Å². The lowest BCUT2D eigenvalue weighted by atomic mass is 10.2. The first kappa shape index (κ1) is 10.4. The minimum absolute atomic E-state index is 0.0402. The molecule has 2 fully saturated rings. The van der Waals surface area contributed by atoms with Crippen LogP contribution in [0.5, 0.6) is 0 Å². The Kier molecular flexibility index (Phi) is 3.20. The Morgan fingerprint density at radius 2 is 2.20 bits per heavy atom.